The van der Waals surface area contributed by atoms with E-state index in [0.29, 0.717) is 22.0 Å². The minimum Gasteiger partial charge on any atom is -0.381 e. The van der Waals surface area contributed by atoms with Gasteiger partial charge in [-0.15, -0.1) is 0 Å². The Morgan fingerprint density at radius 1 is 1.00 bits per heavy atom. The Balaban J connectivity index is 1.42. The lowest BCUT2D eigenvalue weighted by molar-refractivity contribution is 0.0784. The van der Waals surface area contributed by atoms with Crippen molar-refractivity contribution in [3.8, 4) is 11.1 Å². The molecule has 3 heterocycles. The molecule has 2 aromatic heterocycles. The van der Waals surface area contributed by atoms with Crippen molar-refractivity contribution >= 4 is 34.7 Å². The van der Waals surface area contributed by atoms with E-state index >= 15 is 0 Å². The Hall–Kier alpha value is -2.12. The highest BCUT2D eigenvalue weighted by Crippen LogP contribution is 2.42. The summed E-state index contributed by atoms with van der Waals surface area (Å²) in [5.74, 6) is 1.35. The quantitative estimate of drug-likeness (QED) is 0.311. The van der Waals surface area contributed by atoms with Crippen molar-refractivity contribution < 1.29 is 4.74 Å². The molecule has 1 saturated heterocycles. The number of allylic oxidation sites excluding steroid dienone is 2. The average molecular weight is 500 g/mol. The summed E-state index contributed by atoms with van der Waals surface area (Å²) in [5, 5.41) is 13.2. The number of nitrogens with one attached hydrogen (secondary N) is 2. The zero-order chi connectivity index (χ0) is 23.7. The third-order valence-electron chi connectivity index (χ3n) is 6.77. The fraction of sp³-hybridized carbons (Fsp3) is 0.462. The number of fused-ring (bicyclic) bond motifs is 1. The van der Waals surface area contributed by atoms with Gasteiger partial charge in [0.1, 0.15) is 5.82 Å². The molecule has 1 aromatic carbocycles. The molecule has 1 aliphatic carbocycles. The van der Waals surface area contributed by atoms with E-state index < -0.39 is 0 Å². The van der Waals surface area contributed by atoms with Crippen LogP contribution >= 0.6 is 23.2 Å². The molecule has 8 heteroatoms. The summed E-state index contributed by atoms with van der Waals surface area (Å²) in [7, 11) is 0. The molecule has 6 nitrogen and oxygen atoms in total. The predicted octanol–water partition coefficient (Wildman–Crippen LogP) is 5.93. The standard InChI is InChI=1S/C26H31Cl2N5O/c1-16-13-23(30-10-9-29-20-7-11-34-12-8-20)33-26(31-16)24(17(2)32-33)25-21(27)14-19(15-22(25)28)18-5-3-4-6-18/h3-4,13-15,18,20,29-30H,5-12H2,1-2H3. The van der Waals surface area contributed by atoms with Gasteiger partial charge in [-0.1, -0.05) is 35.4 Å². The van der Waals surface area contributed by atoms with Crippen LogP contribution in [0.5, 0.6) is 0 Å². The molecule has 5 rings (SSSR count). The molecule has 0 radical (unpaired) electrons. The molecule has 0 bridgehead atoms. The van der Waals surface area contributed by atoms with Gasteiger partial charge >= 0.3 is 0 Å². The van der Waals surface area contributed by atoms with Crippen LogP contribution in [0, 0.1) is 13.8 Å². The number of ether oxygens (including phenoxy) is 1. The van der Waals surface area contributed by atoms with Crippen molar-refractivity contribution in [2.75, 3.05) is 31.6 Å². The van der Waals surface area contributed by atoms with E-state index in [0.717, 1.165) is 86.0 Å². The molecule has 2 aliphatic rings. The van der Waals surface area contributed by atoms with Gasteiger partial charge in [0.15, 0.2) is 5.65 Å². The lowest BCUT2D eigenvalue weighted by Crippen LogP contribution is -2.37. The van der Waals surface area contributed by atoms with Crippen LogP contribution in [-0.2, 0) is 4.74 Å². The highest BCUT2D eigenvalue weighted by molar-refractivity contribution is 6.39. The van der Waals surface area contributed by atoms with E-state index in [4.69, 9.17) is 38.0 Å². The fourth-order valence-corrected chi connectivity index (χ4v) is 5.68. The molecule has 2 N–H and O–H groups in total. The van der Waals surface area contributed by atoms with Crippen LogP contribution in [0.2, 0.25) is 10.0 Å². The number of rotatable bonds is 7. The predicted molar refractivity (Wildman–Crippen MR) is 139 cm³/mol. The third kappa shape index (κ3) is 4.82. The lowest BCUT2D eigenvalue weighted by Gasteiger charge is -2.23. The van der Waals surface area contributed by atoms with Crippen LogP contribution in [-0.4, -0.2) is 46.9 Å². The van der Waals surface area contributed by atoms with Crippen molar-refractivity contribution in [2.45, 2.75) is 51.5 Å². The summed E-state index contributed by atoms with van der Waals surface area (Å²) < 4.78 is 7.31. The number of halogens is 2. The molecule has 0 amide bonds. The maximum absolute atomic E-state index is 6.83. The lowest BCUT2D eigenvalue weighted by atomic mass is 9.94. The van der Waals surface area contributed by atoms with Gasteiger partial charge < -0.3 is 15.4 Å². The van der Waals surface area contributed by atoms with Crippen LogP contribution in [0.4, 0.5) is 5.82 Å². The van der Waals surface area contributed by atoms with Gasteiger partial charge in [0, 0.05) is 49.7 Å². The zero-order valence-corrected chi connectivity index (χ0v) is 21.2. The van der Waals surface area contributed by atoms with Crippen molar-refractivity contribution in [2.24, 2.45) is 0 Å². The average Bonchev–Trinajstić information content (AvgIpc) is 3.46. The molecule has 1 aliphatic heterocycles. The highest BCUT2D eigenvalue weighted by atomic mass is 35.5. The molecular weight excluding hydrogens is 469 g/mol. The van der Waals surface area contributed by atoms with Crippen LogP contribution in [0.25, 0.3) is 16.8 Å². The first-order valence-electron chi connectivity index (χ1n) is 12.1. The second-order valence-corrected chi connectivity index (χ2v) is 10.1. The van der Waals surface area contributed by atoms with E-state index in [1.807, 2.05) is 24.4 Å². The van der Waals surface area contributed by atoms with Crippen LogP contribution < -0.4 is 10.6 Å². The number of benzene rings is 1. The summed E-state index contributed by atoms with van der Waals surface area (Å²) in [6.07, 6.45) is 8.63. The van der Waals surface area contributed by atoms with Gasteiger partial charge in [-0.25, -0.2) is 4.98 Å². The van der Waals surface area contributed by atoms with Gasteiger partial charge in [0.05, 0.1) is 21.3 Å². The second-order valence-electron chi connectivity index (χ2n) is 9.25. The first kappa shape index (κ1) is 23.6. The molecule has 0 saturated carbocycles. The Morgan fingerprint density at radius 3 is 2.41 bits per heavy atom. The number of anilines is 1. The highest BCUT2D eigenvalue weighted by Gasteiger charge is 2.23. The Morgan fingerprint density at radius 2 is 1.71 bits per heavy atom. The molecule has 180 valence electrons. The largest absolute Gasteiger partial charge is 0.381 e. The Kier molecular flexibility index (Phi) is 7.11. The molecule has 0 atom stereocenters. The summed E-state index contributed by atoms with van der Waals surface area (Å²) in [6.45, 7) is 7.32. The van der Waals surface area contributed by atoms with E-state index in [9.17, 15) is 0 Å². The number of aryl methyl sites for hydroxylation is 2. The van der Waals surface area contributed by atoms with Gasteiger partial charge in [-0.2, -0.15) is 9.61 Å². The molecule has 3 aromatic rings. The Bertz CT molecular complexity index is 1180. The van der Waals surface area contributed by atoms with Gasteiger partial charge in [0.25, 0.3) is 0 Å². The molecule has 34 heavy (non-hydrogen) atoms. The smallest absolute Gasteiger partial charge is 0.165 e. The summed E-state index contributed by atoms with van der Waals surface area (Å²) >= 11 is 13.7. The van der Waals surface area contributed by atoms with E-state index in [2.05, 4.69) is 34.9 Å². The topological polar surface area (TPSA) is 63.5 Å². The van der Waals surface area contributed by atoms with Gasteiger partial charge in [-0.05, 0) is 63.1 Å². The molecular formula is C26H31Cl2N5O. The minimum atomic E-state index is 0.444. The molecule has 0 spiro atoms. The van der Waals surface area contributed by atoms with E-state index in [1.54, 1.807) is 0 Å². The van der Waals surface area contributed by atoms with Crippen LogP contribution in [0.15, 0.2) is 30.4 Å². The van der Waals surface area contributed by atoms with Crippen LogP contribution in [0.3, 0.4) is 0 Å². The number of hydrogen-bond donors (Lipinski definition) is 2. The minimum absolute atomic E-state index is 0.444. The number of aromatic nitrogens is 3. The van der Waals surface area contributed by atoms with E-state index in [-0.39, 0.29) is 0 Å². The monoisotopic (exact) mass is 499 g/mol. The molecule has 1 fully saturated rings. The summed E-state index contributed by atoms with van der Waals surface area (Å²) in [5.41, 5.74) is 5.39. The SMILES string of the molecule is Cc1cc(NCCNC2CCOCC2)n2nc(C)c(-c3c(Cl)cc(C4CC=CC4)cc3Cl)c2n1. The third-order valence-corrected chi connectivity index (χ3v) is 7.37. The normalized spacial score (nSPS) is 17.2. The number of nitrogens with zero attached hydrogens (tertiary/aromatic N) is 3. The maximum atomic E-state index is 6.83. The summed E-state index contributed by atoms with van der Waals surface area (Å²) in [4.78, 5) is 4.82. The first-order chi connectivity index (χ1) is 16.5. The van der Waals surface area contributed by atoms with E-state index in [1.165, 1.54) is 5.56 Å². The van der Waals surface area contributed by atoms with Gasteiger partial charge in [0.2, 0.25) is 0 Å². The Labute approximate surface area is 210 Å². The maximum Gasteiger partial charge on any atom is 0.165 e. The number of hydrogen-bond acceptors (Lipinski definition) is 5. The van der Waals surface area contributed by atoms with Crippen molar-refractivity contribution in [3.63, 3.8) is 0 Å². The van der Waals surface area contributed by atoms with Crippen molar-refractivity contribution in [3.05, 3.63) is 57.3 Å². The second kappa shape index (κ2) is 10.2. The van der Waals surface area contributed by atoms with Crippen molar-refractivity contribution in [1.82, 2.24) is 19.9 Å². The fourth-order valence-electron chi connectivity index (χ4n) is 4.99. The van der Waals surface area contributed by atoms with Gasteiger partial charge in [-0.3, -0.25) is 0 Å². The first-order valence-corrected chi connectivity index (χ1v) is 12.8. The molecule has 0 unspecified atom stereocenters. The van der Waals surface area contributed by atoms with Crippen LogP contribution in [0.1, 0.15) is 48.6 Å². The summed E-state index contributed by atoms with van der Waals surface area (Å²) in [6, 6.07) is 6.66. The van der Waals surface area contributed by atoms with Crippen molar-refractivity contribution in [1.29, 1.82) is 0 Å². The zero-order valence-electron chi connectivity index (χ0n) is 19.7.